The second kappa shape index (κ2) is 14.4. The summed E-state index contributed by atoms with van der Waals surface area (Å²) in [5, 5.41) is 2.92. The average molecular weight is 538 g/mol. The summed E-state index contributed by atoms with van der Waals surface area (Å²) in [6.07, 6.45) is 1.71. The molecule has 0 aromatic heterocycles. The highest BCUT2D eigenvalue weighted by Gasteiger charge is 2.33. The van der Waals surface area contributed by atoms with Crippen LogP contribution in [0.2, 0.25) is 0 Å². The number of nitrogens with zero attached hydrogens (tertiary/aromatic N) is 2. The normalized spacial score (nSPS) is 12.2. The molecule has 0 bridgehead atoms. The first-order valence-corrected chi connectivity index (χ1v) is 14.3. The largest absolute Gasteiger partial charge is 0.385 e. The summed E-state index contributed by atoms with van der Waals surface area (Å²) in [5.41, 5.74) is 2.22. The lowest BCUT2D eigenvalue weighted by Crippen LogP contribution is -2.48. The van der Waals surface area contributed by atoms with Crippen molar-refractivity contribution in [3.63, 3.8) is 0 Å². The molecule has 3 rings (SSSR count). The number of carbonyl (C=O) groups is 2. The molecule has 2 amide bonds. The Kier molecular flexibility index (Phi) is 11.0. The van der Waals surface area contributed by atoms with Gasteiger partial charge in [-0.05, 0) is 23.1 Å². The van der Waals surface area contributed by atoms with Crippen molar-refractivity contribution in [2.24, 2.45) is 0 Å². The lowest BCUT2D eigenvalue weighted by molar-refractivity contribution is -0.141. The minimum Gasteiger partial charge on any atom is -0.385 e. The number of methoxy groups -OCH3 is 1. The molecule has 0 saturated heterocycles. The number of benzene rings is 3. The first-order chi connectivity index (χ1) is 18.3. The number of rotatable bonds is 14. The summed E-state index contributed by atoms with van der Waals surface area (Å²) >= 11 is 0. The van der Waals surface area contributed by atoms with Crippen LogP contribution in [-0.4, -0.2) is 62.5 Å². The molecular weight excluding hydrogens is 502 g/mol. The molecule has 3 aromatic rings. The monoisotopic (exact) mass is 537 g/mol. The van der Waals surface area contributed by atoms with Crippen LogP contribution in [-0.2, 0) is 37.4 Å². The van der Waals surface area contributed by atoms with Gasteiger partial charge in [0.1, 0.15) is 6.04 Å². The maximum atomic E-state index is 13.9. The van der Waals surface area contributed by atoms with Gasteiger partial charge in [0, 0.05) is 33.4 Å². The summed E-state index contributed by atoms with van der Waals surface area (Å²) < 4.78 is 31.6. The fraction of sp³-hybridized carbons (Fsp3) is 0.310. The SMILES string of the molecule is COCCCNC(=O)[C@H](c1ccccc1)N(Cc1ccccc1)C(=O)CN(Cc1ccccc1)S(C)(=O)=O. The smallest absolute Gasteiger partial charge is 0.247 e. The Morgan fingerprint density at radius 2 is 1.37 bits per heavy atom. The van der Waals surface area contributed by atoms with E-state index in [9.17, 15) is 18.0 Å². The Labute approximate surface area is 225 Å². The third kappa shape index (κ3) is 8.79. The molecule has 0 saturated carbocycles. The Hall–Kier alpha value is -3.53. The van der Waals surface area contributed by atoms with E-state index in [-0.39, 0.29) is 19.0 Å². The van der Waals surface area contributed by atoms with Crippen LogP contribution in [0.3, 0.4) is 0 Å². The van der Waals surface area contributed by atoms with Crippen molar-refractivity contribution in [1.82, 2.24) is 14.5 Å². The number of hydrogen-bond acceptors (Lipinski definition) is 5. The van der Waals surface area contributed by atoms with Gasteiger partial charge in [-0.1, -0.05) is 91.0 Å². The average Bonchev–Trinajstić information content (AvgIpc) is 2.91. The molecule has 0 aliphatic carbocycles. The van der Waals surface area contributed by atoms with Gasteiger partial charge >= 0.3 is 0 Å². The van der Waals surface area contributed by atoms with Gasteiger partial charge in [0.15, 0.2) is 0 Å². The van der Waals surface area contributed by atoms with Crippen molar-refractivity contribution in [2.75, 3.05) is 33.1 Å². The van der Waals surface area contributed by atoms with Crippen LogP contribution < -0.4 is 5.32 Å². The number of nitrogens with one attached hydrogen (secondary N) is 1. The van der Waals surface area contributed by atoms with Crippen LogP contribution in [0.4, 0.5) is 0 Å². The van der Waals surface area contributed by atoms with Crippen molar-refractivity contribution >= 4 is 21.8 Å². The van der Waals surface area contributed by atoms with E-state index in [0.29, 0.717) is 25.1 Å². The van der Waals surface area contributed by atoms with Crippen LogP contribution >= 0.6 is 0 Å². The number of ether oxygens (including phenoxy) is 1. The van der Waals surface area contributed by atoms with E-state index in [1.165, 1.54) is 4.90 Å². The summed E-state index contributed by atoms with van der Waals surface area (Å²) in [7, 11) is -2.13. The molecule has 8 nitrogen and oxygen atoms in total. The minimum atomic E-state index is -3.72. The Bertz CT molecular complexity index is 1260. The predicted octanol–water partition coefficient (Wildman–Crippen LogP) is 3.37. The molecule has 3 aromatic carbocycles. The van der Waals surface area contributed by atoms with E-state index in [1.54, 1.807) is 19.2 Å². The molecule has 0 fully saturated rings. The lowest BCUT2D eigenvalue weighted by atomic mass is 10.0. The Morgan fingerprint density at radius 1 is 0.842 bits per heavy atom. The molecule has 38 heavy (non-hydrogen) atoms. The molecule has 1 N–H and O–H groups in total. The Balaban J connectivity index is 1.96. The van der Waals surface area contributed by atoms with E-state index in [0.717, 1.165) is 21.7 Å². The second-order valence-electron chi connectivity index (χ2n) is 8.97. The first-order valence-electron chi connectivity index (χ1n) is 12.4. The second-order valence-corrected chi connectivity index (χ2v) is 11.0. The summed E-state index contributed by atoms with van der Waals surface area (Å²) in [6, 6.07) is 26.5. The summed E-state index contributed by atoms with van der Waals surface area (Å²) in [4.78, 5) is 28.9. The number of sulfonamides is 1. The van der Waals surface area contributed by atoms with Gasteiger partial charge in [-0.15, -0.1) is 0 Å². The number of hydrogen-bond donors (Lipinski definition) is 1. The molecule has 0 spiro atoms. The van der Waals surface area contributed by atoms with Gasteiger partial charge in [0.05, 0.1) is 12.8 Å². The van der Waals surface area contributed by atoms with E-state index in [1.807, 2.05) is 78.9 Å². The zero-order valence-corrected chi connectivity index (χ0v) is 22.6. The van der Waals surface area contributed by atoms with Crippen molar-refractivity contribution in [3.05, 3.63) is 108 Å². The van der Waals surface area contributed by atoms with Gasteiger partial charge in [-0.3, -0.25) is 9.59 Å². The van der Waals surface area contributed by atoms with Crippen LogP contribution in [0.5, 0.6) is 0 Å². The summed E-state index contributed by atoms with van der Waals surface area (Å²) in [6.45, 7) is 0.650. The minimum absolute atomic E-state index is 0.0454. The number of amides is 2. The van der Waals surface area contributed by atoms with Crippen LogP contribution in [0, 0.1) is 0 Å². The molecule has 0 unspecified atom stereocenters. The van der Waals surface area contributed by atoms with E-state index in [4.69, 9.17) is 4.74 Å². The highest BCUT2D eigenvalue weighted by molar-refractivity contribution is 7.88. The standard InChI is InChI=1S/C29H35N3O5S/c1-37-20-12-19-30-29(34)28(26-17-10-5-11-18-26)32(22-25-15-8-4-9-16-25)27(33)23-31(38(2,35)36)21-24-13-6-3-7-14-24/h3-11,13-18,28H,12,19-23H2,1-2H3,(H,30,34)/t28-/m0/s1. The molecule has 1 atom stereocenters. The van der Waals surface area contributed by atoms with Crippen LogP contribution in [0.15, 0.2) is 91.0 Å². The van der Waals surface area contributed by atoms with Crippen molar-refractivity contribution in [1.29, 1.82) is 0 Å². The summed E-state index contributed by atoms with van der Waals surface area (Å²) in [5.74, 6) is -0.818. The fourth-order valence-corrected chi connectivity index (χ4v) is 4.78. The molecule has 0 aliphatic heterocycles. The van der Waals surface area contributed by atoms with Crippen molar-refractivity contribution in [3.8, 4) is 0 Å². The van der Waals surface area contributed by atoms with Gasteiger partial charge in [-0.25, -0.2) is 8.42 Å². The van der Waals surface area contributed by atoms with Gasteiger partial charge in [0.2, 0.25) is 21.8 Å². The molecule has 9 heteroatoms. The van der Waals surface area contributed by atoms with Crippen LogP contribution in [0.1, 0.15) is 29.2 Å². The molecule has 0 radical (unpaired) electrons. The van der Waals surface area contributed by atoms with Crippen molar-refractivity contribution < 1.29 is 22.7 Å². The van der Waals surface area contributed by atoms with Crippen molar-refractivity contribution in [2.45, 2.75) is 25.6 Å². The van der Waals surface area contributed by atoms with E-state index >= 15 is 0 Å². The third-order valence-corrected chi connectivity index (χ3v) is 7.19. The quantitative estimate of drug-likeness (QED) is 0.318. The predicted molar refractivity (Wildman–Crippen MR) is 147 cm³/mol. The zero-order valence-electron chi connectivity index (χ0n) is 21.8. The van der Waals surface area contributed by atoms with Gasteiger partial charge < -0.3 is 15.0 Å². The Morgan fingerprint density at radius 3 is 1.89 bits per heavy atom. The van der Waals surface area contributed by atoms with E-state index < -0.39 is 28.5 Å². The molecular formula is C29H35N3O5S. The maximum absolute atomic E-state index is 13.9. The zero-order chi connectivity index (χ0) is 27.4. The topological polar surface area (TPSA) is 96.0 Å². The lowest BCUT2D eigenvalue weighted by Gasteiger charge is -2.33. The van der Waals surface area contributed by atoms with Crippen LogP contribution in [0.25, 0.3) is 0 Å². The molecule has 0 aliphatic rings. The highest BCUT2D eigenvalue weighted by Crippen LogP contribution is 2.25. The maximum Gasteiger partial charge on any atom is 0.247 e. The van der Waals surface area contributed by atoms with Gasteiger partial charge in [-0.2, -0.15) is 4.31 Å². The first kappa shape index (κ1) is 29.0. The highest BCUT2D eigenvalue weighted by atomic mass is 32.2. The molecule has 0 heterocycles. The third-order valence-electron chi connectivity index (χ3n) is 6.00. The molecule has 202 valence electrons. The fourth-order valence-electron chi connectivity index (χ4n) is 4.06. The number of carbonyl (C=O) groups excluding carboxylic acids is 2. The van der Waals surface area contributed by atoms with Gasteiger partial charge in [0.25, 0.3) is 0 Å². The van der Waals surface area contributed by atoms with E-state index in [2.05, 4.69) is 5.32 Å².